The number of aryl methyl sites for hydroxylation is 2. The van der Waals surface area contributed by atoms with Crippen LogP contribution in [0, 0.1) is 5.41 Å². The van der Waals surface area contributed by atoms with Crippen LogP contribution in [0.2, 0.25) is 0 Å². The van der Waals surface area contributed by atoms with E-state index in [1.54, 1.807) is 53.8 Å². The lowest BCUT2D eigenvalue weighted by molar-refractivity contribution is -0.140. The number of anilines is 1. The van der Waals surface area contributed by atoms with Crippen molar-refractivity contribution in [2.45, 2.75) is 12.7 Å². The highest BCUT2D eigenvalue weighted by Gasteiger charge is 2.34. The van der Waals surface area contributed by atoms with Crippen LogP contribution >= 0.6 is 0 Å². The molecule has 5 rings (SSSR count). The first-order valence-electron chi connectivity index (χ1n) is 11.0. The van der Waals surface area contributed by atoms with Gasteiger partial charge in [0.05, 0.1) is 18.3 Å². The summed E-state index contributed by atoms with van der Waals surface area (Å²) >= 11 is 0. The zero-order valence-electron chi connectivity index (χ0n) is 19.7. The number of benzene rings is 1. The maximum Gasteiger partial charge on any atom is 0.434 e. The number of fused-ring (bicyclic) bond motifs is 1. The van der Waals surface area contributed by atoms with Gasteiger partial charge in [0.25, 0.3) is 0 Å². The predicted molar refractivity (Wildman–Crippen MR) is 128 cm³/mol. The van der Waals surface area contributed by atoms with E-state index in [1.165, 1.54) is 11.6 Å². The number of rotatable bonds is 5. The Kier molecular flexibility index (Phi) is 5.58. The van der Waals surface area contributed by atoms with Crippen molar-refractivity contribution in [2.24, 2.45) is 14.1 Å². The van der Waals surface area contributed by atoms with Gasteiger partial charge < -0.3 is 14.5 Å². The van der Waals surface area contributed by atoms with Gasteiger partial charge in [-0.3, -0.25) is 9.98 Å². The summed E-state index contributed by atoms with van der Waals surface area (Å²) in [5.41, 5.74) is 2.74. The Morgan fingerprint density at radius 1 is 1.03 bits per heavy atom. The average molecular weight is 493 g/mol. The topological polar surface area (TPSA) is 102 Å². The van der Waals surface area contributed by atoms with E-state index in [-0.39, 0.29) is 11.4 Å². The maximum absolute atomic E-state index is 13.0. The summed E-state index contributed by atoms with van der Waals surface area (Å²) in [6, 6.07) is 10.7. The molecule has 0 aliphatic heterocycles. The monoisotopic (exact) mass is 493 g/mol. The van der Waals surface area contributed by atoms with Crippen molar-refractivity contribution in [1.82, 2.24) is 33.6 Å². The molecule has 1 aromatic carbocycles. The molecule has 4 heterocycles. The molecular weight excluding hydrogens is 471 g/mol. The highest BCUT2D eigenvalue weighted by molar-refractivity contribution is 5.76. The third-order valence-electron chi connectivity index (χ3n) is 5.95. The highest BCUT2D eigenvalue weighted by atomic mass is 19.4. The fraction of sp³-hybridized carbons (Fsp3) is 0.208. The zero-order valence-corrected chi connectivity index (χ0v) is 19.7. The minimum atomic E-state index is -4.50. The first kappa shape index (κ1) is 23.3. The van der Waals surface area contributed by atoms with E-state index in [0.29, 0.717) is 34.9 Å². The summed E-state index contributed by atoms with van der Waals surface area (Å²) in [5.74, 6) is 1.34. The van der Waals surface area contributed by atoms with Gasteiger partial charge in [-0.15, -0.1) is 0 Å². The first-order valence-corrected chi connectivity index (χ1v) is 11.0. The van der Waals surface area contributed by atoms with Crippen LogP contribution in [0.3, 0.4) is 0 Å². The molecule has 0 aliphatic carbocycles. The number of halogens is 3. The van der Waals surface area contributed by atoms with E-state index < -0.39 is 11.9 Å². The Hall–Kier alpha value is -4.48. The molecule has 0 saturated heterocycles. The Morgan fingerprint density at radius 2 is 1.78 bits per heavy atom. The Labute approximate surface area is 203 Å². The summed E-state index contributed by atoms with van der Waals surface area (Å²) in [5, 5.41) is 11.6. The van der Waals surface area contributed by atoms with Crippen molar-refractivity contribution in [3.8, 4) is 22.8 Å². The van der Waals surface area contributed by atoms with Crippen LogP contribution in [0.4, 0.5) is 19.0 Å². The van der Waals surface area contributed by atoms with Crippen molar-refractivity contribution in [3.05, 3.63) is 71.9 Å². The number of alkyl halides is 3. The fourth-order valence-electron chi connectivity index (χ4n) is 4.07. The van der Waals surface area contributed by atoms with Gasteiger partial charge >= 0.3 is 6.18 Å². The van der Waals surface area contributed by atoms with Gasteiger partial charge in [0.2, 0.25) is 5.62 Å². The molecular formula is C24H22F3N9. The molecule has 0 amide bonds. The van der Waals surface area contributed by atoms with Crippen molar-refractivity contribution < 1.29 is 13.2 Å². The second-order valence-corrected chi connectivity index (χ2v) is 8.28. The van der Waals surface area contributed by atoms with Crippen molar-refractivity contribution >= 4 is 17.0 Å². The summed E-state index contributed by atoms with van der Waals surface area (Å²) in [6.07, 6.45) is -0.172. The van der Waals surface area contributed by atoms with Gasteiger partial charge in [-0.1, -0.05) is 24.3 Å². The van der Waals surface area contributed by atoms with Crippen LogP contribution in [0.1, 0.15) is 11.3 Å². The molecule has 36 heavy (non-hydrogen) atoms. The molecule has 12 heteroatoms. The lowest BCUT2D eigenvalue weighted by Crippen LogP contribution is -2.23. The number of pyridine rings is 1. The molecule has 0 spiro atoms. The molecule has 2 N–H and O–H groups in total. The normalized spacial score (nSPS) is 11.8. The van der Waals surface area contributed by atoms with Crippen LogP contribution in [-0.4, -0.2) is 40.7 Å². The highest BCUT2D eigenvalue weighted by Crippen LogP contribution is 2.31. The number of imidazole rings is 2. The van der Waals surface area contributed by atoms with Crippen LogP contribution in [-0.2, 0) is 26.8 Å². The summed E-state index contributed by atoms with van der Waals surface area (Å²) in [4.78, 5) is 17.3. The molecule has 0 aliphatic rings. The number of nitrogens with zero attached hydrogens (tertiary/aromatic N) is 7. The number of nitrogens with one attached hydrogen (secondary N) is 2. The van der Waals surface area contributed by atoms with Crippen LogP contribution in [0.25, 0.3) is 33.9 Å². The molecule has 0 bridgehead atoms. The Morgan fingerprint density at radius 3 is 2.44 bits per heavy atom. The molecule has 0 unspecified atom stereocenters. The second kappa shape index (κ2) is 8.63. The largest absolute Gasteiger partial charge is 0.434 e. The molecule has 5 aromatic rings. The summed E-state index contributed by atoms with van der Waals surface area (Å²) in [6.45, 7) is 0.340. The Bertz CT molecular complexity index is 1630. The van der Waals surface area contributed by atoms with E-state index in [9.17, 15) is 13.2 Å². The van der Waals surface area contributed by atoms with Crippen LogP contribution < -0.4 is 10.9 Å². The van der Waals surface area contributed by atoms with Crippen molar-refractivity contribution in [2.75, 3.05) is 12.4 Å². The number of hydrogen-bond donors (Lipinski definition) is 2. The summed E-state index contributed by atoms with van der Waals surface area (Å²) in [7, 11) is 5.08. The standard InChI is InChI=1S/C24H22F3N9/c1-29-19-16(5-4-10-30-19)20-31-11-17-22(33-20)36(23(28)35(17)3)12-14-6-8-15(9-7-14)21-32-18(13-34(21)2)24(25,26)27/h4-11,13,28H,12H2,1-3H3,(H,29,30). The minimum Gasteiger partial charge on any atom is -0.373 e. The smallest absolute Gasteiger partial charge is 0.373 e. The SMILES string of the molecule is CNc1ncccc1-c1ncc2c(n1)n(Cc1ccc(-c3nc(C(F)(F)F)cn3C)cc1)c(=N)n2C. The average Bonchev–Trinajstić information content (AvgIpc) is 3.38. The number of aromatic nitrogens is 7. The minimum absolute atomic E-state index is 0.224. The molecule has 4 aromatic heterocycles. The second-order valence-electron chi connectivity index (χ2n) is 8.28. The quantitative estimate of drug-likeness (QED) is 0.388. The van der Waals surface area contributed by atoms with E-state index in [4.69, 9.17) is 10.4 Å². The third-order valence-corrected chi connectivity index (χ3v) is 5.95. The lowest BCUT2D eigenvalue weighted by Gasteiger charge is -2.08. The molecule has 184 valence electrons. The van der Waals surface area contributed by atoms with Crippen molar-refractivity contribution in [1.29, 1.82) is 5.41 Å². The van der Waals surface area contributed by atoms with Gasteiger partial charge in [0.1, 0.15) is 17.2 Å². The Balaban J connectivity index is 1.51. The van der Waals surface area contributed by atoms with E-state index in [2.05, 4.69) is 20.3 Å². The summed E-state index contributed by atoms with van der Waals surface area (Å²) < 4.78 is 43.9. The van der Waals surface area contributed by atoms with Gasteiger partial charge in [0, 0.05) is 39.1 Å². The van der Waals surface area contributed by atoms with E-state index in [1.807, 2.05) is 18.2 Å². The van der Waals surface area contributed by atoms with Gasteiger partial charge in [-0.25, -0.2) is 19.9 Å². The molecule has 0 radical (unpaired) electrons. The van der Waals surface area contributed by atoms with Gasteiger partial charge in [-0.2, -0.15) is 13.2 Å². The molecule has 0 atom stereocenters. The third kappa shape index (κ3) is 4.00. The maximum atomic E-state index is 13.0. The van der Waals surface area contributed by atoms with E-state index >= 15 is 0 Å². The van der Waals surface area contributed by atoms with E-state index in [0.717, 1.165) is 17.3 Å². The molecule has 9 nitrogen and oxygen atoms in total. The van der Waals surface area contributed by atoms with Crippen LogP contribution in [0.5, 0.6) is 0 Å². The lowest BCUT2D eigenvalue weighted by atomic mass is 10.1. The zero-order chi connectivity index (χ0) is 25.6. The molecule has 0 fully saturated rings. The first-order chi connectivity index (χ1) is 17.2. The van der Waals surface area contributed by atoms with Crippen LogP contribution in [0.15, 0.2) is 55.0 Å². The van der Waals surface area contributed by atoms with Crippen molar-refractivity contribution in [3.63, 3.8) is 0 Å². The fourth-order valence-corrected chi connectivity index (χ4v) is 4.07. The molecule has 0 saturated carbocycles. The predicted octanol–water partition coefficient (Wildman–Crippen LogP) is 3.82. The van der Waals surface area contributed by atoms with Gasteiger partial charge in [0.15, 0.2) is 17.2 Å². The van der Waals surface area contributed by atoms with Gasteiger partial charge in [-0.05, 0) is 17.7 Å². The number of hydrogen-bond acceptors (Lipinski definition) is 6.